The minimum Gasteiger partial charge on any atom is -0.322 e. The summed E-state index contributed by atoms with van der Waals surface area (Å²) in [5.74, 6) is -0.242. The number of amides is 1. The number of hydrogen-bond acceptors (Lipinski definition) is 2. The Labute approximate surface area is 128 Å². The highest BCUT2D eigenvalue weighted by Crippen LogP contribution is 2.29. The van der Waals surface area contributed by atoms with E-state index in [-0.39, 0.29) is 12.5 Å². The van der Waals surface area contributed by atoms with E-state index in [0.29, 0.717) is 15.7 Å². The molecule has 0 radical (unpaired) electrons. The van der Waals surface area contributed by atoms with Gasteiger partial charge in [0.2, 0.25) is 5.91 Å². The van der Waals surface area contributed by atoms with Crippen LogP contribution < -0.4 is 5.32 Å². The molecule has 7 heteroatoms. The molecule has 0 aliphatic heterocycles. The molecule has 0 aliphatic rings. The number of nitrogens with zero attached hydrogens (tertiary/aromatic N) is 2. The van der Waals surface area contributed by atoms with Gasteiger partial charge in [-0.25, -0.2) is 0 Å². The molecule has 2 aromatic rings. The van der Waals surface area contributed by atoms with Crippen LogP contribution in [0.25, 0.3) is 0 Å². The van der Waals surface area contributed by atoms with E-state index in [4.69, 9.17) is 23.2 Å². The van der Waals surface area contributed by atoms with E-state index in [0.717, 1.165) is 10.2 Å². The van der Waals surface area contributed by atoms with Crippen molar-refractivity contribution in [1.82, 2.24) is 9.78 Å². The van der Waals surface area contributed by atoms with Crippen LogP contribution in [0.4, 0.5) is 5.69 Å². The number of anilines is 1. The number of halogens is 3. The molecule has 0 spiro atoms. The molecule has 1 aromatic heterocycles. The minimum absolute atomic E-state index is 0.0962. The van der Waals surface area contributed by atoms with Crippen LogP contribution in [0.1, 0.15) is 5.69 Å². The van der Waals surface area contributed by atoms with Crippen molar-refractivity contribution in [3.63, 3.8) is 0 Å². The van der Waals surface area contributed by atoms with Gasteiger partial charge in [-0.05, 0) is 35.0 Å². The van der Waals surface area contributed by atoms with Crippen LogP contribution >= 0.6 is 39.1 Å². The Kier molecular flexibility index (Phi) is 4.50. The first kappa shape index (κ1) is 14.4. The fourth-order valence-electron chi connectivity index (χ4n) is 1.52. The highest BCUT2D eigenvalue weighted by molar-refractivity contribution is 9.10. The number of nitrogens with one attached hydrogen (secondary N) is 1. The van der Waals surface area contributed by atoms with Crippen LogP contribution in [0, 0.1) is 6.92 Å². The van der Waals surface area contributed by atoms with Crippen molar-refractivity contribution in [2.24, 2.45) is 0 Å². The van der Waals surface area contributed by atoms with Crippen LogP contribution in [0.15, 0.2) is 28.9 Å². The predicted octanol–water partition coefficient (Wildman–Crippen LogP) is 3.90. The summed E-state index contributed by atoms with van der Waals surface area (Å²) in [6, 6.07) is 5.05. The summed E-state index contributed by atoms with van der Waals surface area (Å²) in [7, 11) is 0. The van der Waals surface area contributed by atoms with Gasteiger partial charge in [0.15, 0.2) is 0 Å². The maximum absolute atomic E-state index is 11.9. The van der Waals surface area contributed by atoms with Crippen LogP contribution in [0.2, 0.25) is 10.0 Å². The standard InChI is InChI=1S/C12H10BrCl2N3O/c1-7-8(13)5-16-18(7)6-11(19)17-12-9(14)3-2-4-10(12)15/h2-5H,6H2,1H3,(H,17,19). The van der Waals surface area contributed by atoms with Gasteiger partial charge in [-0.2, -0.15) is 5.10 Å². The van der Waals surface area contributed by atoms with Gasteiger partial charge in [0.05, 0.1) is 32.1 Å². The SMILES string of the molecule is Cc1c(Br)cnn1CC(=O)Nc1c(Cl)cccc1Cl. The smallest absolute Gasteiger partial charge is 0.246 e. The zero-order valence-electron chi connectivity index (χ0n) is 9.95. The van der Waals surface area contributed by atoms with Crippen LogP contribution in [0.3, 0.4) is 0 Å². The summed E-state index contributed by atoms with van der Waals surface area (Å²) < 4.78 is 2.44. The van der Waals surface area contributed by atoms with Crippen molar-refractivity contribution in [1.29, 1.82) is 0 Å². The summed E-state index contributed by atoms with van der Waals surface area (Å²) in [6.45, 7) is 1.96. The Morgan fingerprint density at radius 2 is 2.05 bits per heavy atom. The molecular formula is C12H10BrCl2N3O. The quantitative estimate of drug-likeness (QED) is 0.899. The zero-order chi connectivity index (χ0) is 14.0. The zero-order valence-corrected chi connectivity index (χ0v) is 13.1. The first-order chi connectivity index (χ1) is 8.99. The Morgan fingerprint density at radius 1 is 1.42 bits per heavy atom. The maximum Gasteiger partial charge on any atom is 0.246 e. The lowest BCUT2D eigenvalue weighted by molar-refractivity contribution is -0.116. The molecule has 1 amide bonds. The van der Waals surface area contributed by atoms with Crippen molar-refractivity contribution in [2.45, 2.75) is 13.5 Å². The molecule has 0 saturated carbocycles. The second-order valence-corrected chi connectivity index (χ2v) is 5.55. The molecule has 0 atom stereocenters. The van der Waals surface area contributed by atoms with Gasteiger partial charge in [0.1, 0.15) is 6.54 Å². The van der Waals surface area contributed by atoms with E-state index >= 15 is 0 Å². The van der Waals surface area contributed by atoms with Crippen molar-refractivity contribution in [2.75, 3.05) is 5.32 Å². The molecule has 1 aromatic carbocycles. The maximum atomic E-state index is 11.9. The first-order valence-corrected chi connectivity index (χ1v) is 6.95. The molecular weight excluding hydrogens is 353 g/mol. The number of carbonyl (C=O) groups is 1. The lowest BCUT2D eigenvalue weighted by Crippen LogP contribution is -2.20. The molecule has 1 N–H and O–H groups in total. The van der Waals surface area contributed by atoms with Crippen molar-refractivity contribution in [3.8, 4) is 0 Å². The number of benzene rings is 1. The van der Waals surface area contributed by atoms with E-state index in [2.05, 4.69) is 26.3 Å². The van der Waals surface area contributed by atoms with Crippen LogP contribution in [-0.2, 0) is 11.3 Å². The summed E-state index contributed by atoms with van der Waals surface area (Å²) >= 11 is 15.3. The number of hydrogen-bond donors (Lipinski definition) is 1. The van der Waals surface area contributed by atoms with Crippen molar-refractivity contribution >= 4 is 50.7 Å². The Hall–Kier alpha value is -1.04. The molecule has 100 valence electrons. The minimum atomic E-state index is -0.242. The van der Waals surface area contributed by atoms with Crippen LogP contribution in [0.5, 0.6) is 0 Å². The van der Waals surface area contributed by atoms with E-state index in [1.807, 2.05) is 6.92 Å². The fourth-order valence-corrected chi connectivity index (χ4v) is 2.30. The van der Waals surface area contributed by atoms with E-state index < -0.39 is 0 Å². The second kappa shape index (κ2) is 5.94. The Balaban J connectivity index is 2.12. The third kappa shape index (κ3) is 3.29. The number of para-hydroxylation sites is 1. The molecule has 4 nitrogen and oxygen atoms in total. The lowest BCUT2D eigenvalue weighted by atomic mass is 10.3. The Bertz CT molecular complexity index is 607. The molecule has 0 saturated heterocycles. The molecule has 1 heterocycles. The van der Waals surface area contributed by atoms with Gasteiger partial charge in [-0.3, -0.25) is 9.48 Å². The normalized spacial score (nSPS) is 10.5. The highest BCUT2D eigenvalue weighted by Gasteiger charge is 2.12. The molecule has 0 bridgehead atoms. The predicted molar refractivity (Wildman–Crippen MR) is 79.8 cm³/mol. The summed E-state index contributed by atoms with van der Waals surface area (Å²) in [5, 5.41) is 7.57. The van der Waals surface area contributed by atoms with Gasteiger partial charge in [0.25, 0.3) is 0 Å². The third-order valence-electron chi connectivity index (χ3n) is 2.56. The molecule has 0 fully saturated rings. The van der Waals surface area contributed by atoms with Crippen molar-refractivity contribution in [3.05, 3.63) is 44.6 Å². The highest BCUT2D eigenvalue weighted by atomic mass is 79.9. The molecule has 0 unspecified atom stereocenters. The average molecular weight is 363 g/mol. The monoisotopic (exact) mass is 361 g/mol. The number of aromatic nitrogens is 2. The lowest BCUT2D eigenvalue weighted by Gasteiger charge is -2.09. The topological polar surface area (TPSA) is 46.9 Å². The summed E-state index contributed by atoms with van der Waals surface area (Å²) in [4.78, 5) is 11.9. The number of carbonyl (C=O) groups excluding carboxylic acids is 1. The number of rotatable bonds is 3. The fraction of sp³-hybridized carbons (Fsp3) is 0.167. The molecule has 0 aliphatic carbocycles. The third-order valence-corrected chi connectivity index (χ3v) is 3.97. The molecule has 19 heavy (non-hydrogen) atoms. The average Bonchev–Trinajstić information content (AvgIpc) is 2.66. The van der Waals surface area contributed by atoms with E-state index in [9.17, 15) is 4.79 Å². The first-order valence-electron chi connectivity index (χ1n) is 5.41. The van der Waals surface area contributed by atoms with Gasteiger partial charge < -0.3 is 5.32 Å². The Morgan fingerprint density at radius 3 is 2.58 bits per heavy atom. The van der Waals surface area contributed by atoms with E-state index in [1.165, 1.54) is 0 Å². The van der Waals surface area contributed by atoms with Crippen molar-refractivity contribution < 1.29 is 4.79 Å². The van der Waals surface area contributed by atoms with Gasteiger partial charge in [-0.1, -0.05) is 29.3 Å². The molecule has 2 rings (SSSR count). The van der Waals surface area contributed by atoms with E-state index in [1.54, 1.807) is 29.1 Å². The summed E-state index contributed by atoms with van der Waals surface area (Å²) in [5.41, 5.74) is 1.29. The van der Waals surface area contributed by atoms with Crippen LogP contribution in [-0.4, -0.2) is 15.7 Å². The second-order valence-electron chi connectivity index (χ2n) is 3.88. The van der Waals surface area contributed by atoms with Gasteiger partial charge in [0, 0.05) is 0 Å². The van der Waals surface area contributed by atoms with Gasteiger partial charge >= 0.3 is 0 Å². The summed E-state index contributed by atoms with van der Waals surface area (Å²) in [6.07, 6.45) is 1.64. The largest absolute Gasteiger partial charge is 0.322 e. The van der Waals surface area contributed by atoms with Gasteiger partial charge in [-0.15, -0.1) is 0 Å².